The van der Waals surface area contributed by atoms with Gasteiger partial charge in [-0.2, -0.15) is 0 Å². The molecule has 0 saturated carbocycles. The Kier molecular flexibility index (Phi) is 6.62. The standard InChI is InChI=1S/C25H29N/c1-20(21(2)26-19-18-22-12-6-3-7-13-22)25(23-14-8-4-9-15-23)24-16-10-5-11-17-24/h3-17,20-21,25-26H,18-19H2,1-2H3/p+1/t20-,21+/m0/s1. The number of benzene rings is 3. The van der Waals surface area contributed by atoms with Crippen molar-refractivity contribution < 1.29 is 5.32 Å². The molecule has 0 aliphatic heterocycles. The molecule has 0 bridgehead atoms. The molecular weight excluding hydrogens is 314 g/mol. The third-order valence-electron chi connectivity index (χ3n) is 5.49. The highest BCUT2D eigenvalue weighted by Gasteiger charge is 2.27. The summed E-state index contributed by atoms with van der Waals surface area (Å²) < 4.78 is 0. The average Bonchev–Trinajstić information content (AvgIpc) is 2.70. The van der Waals surface area contributed by atoms with Gasteiger partial charge in [-0.05, 0) is 23.6 Å². The second-order valence-corrected chi connectivity index (χ2v) is 7.28. The van der Waals surface area contributed by atoms with Crippen LogP contribution in [0.2, 0.25) is 0 Å². The van der Waals surface area contributed by atoms with Crippen molar-refractivity contribution in [3.8, 4) is 0 Å². The van der Waals surface area contributed by atoms with Crippen LogP contribution in [-0.2, 0) is 6.42 Å². The fourth-order valence-electron chi connectivity index (χ4n) is 3.80. The van der Waals surface area contributed by atoms with Gasteiger partial charge in [-0.3, -0.25) is 0 Å². The summed E-state index contributed by atoms with van der Waals surface area (Å²) >= 11 is 0. The summed E-state index contributed by atoms with van der Waals surface area (Å²) in [6.45, 7) is 5.90. The lowest BCUT2D eigenvalue weighted by Crippen LogP contribution is -2.91. The average molecular weight is 345 g/mol. The highest BCUT2D eigenvalue weighted by atomic mass is 14.9. The zero-order valence-electron chi connectivity index (χ0n) is 15.9. The van der Waals surface area contributed by atoms with E-state index in [0.717, 1.165) is 13.0 Å². The molecule has 1 heteroatoms. The van der Waals surface area contributed by atoms with Crippen molar-refractivity contribution in [1.29, 1.82) is 0 Å². The summed E-state index contributed by atoms with van der Waals surface area (Å²) in [4.78, 5) is 0. The molecule has 0 spiro atoms. The van der Waals surface area contributed by atoms with Gasteiger partial charge in [0.05, 0.1) is 12.6 Å². The SMILES string of the molecule is C[C@H](C(c1ccccc1)c1ccccc1)[C@@H](C)[NH2+]CCc1ccccc1. The normalized spacial score (nSPS) is 13.5. The van der Waals surface area contributed by atoms with E-state index in [1.807, 2.05) is 0 Å². The Bertz CT molecular complexity index is 712. The van der Waals surface area contributed by atoms with Crippen LogP contribution in [0.4, 0.5) is 0 Å². The number of hydrogen-bond acceptors (Lipinski definition) is 0. The van der Waals surface area contributed by atoms with Gasteiger partial charge in [0.2, 0.25) is 0 Å². The molecule has 0 fully saturated rings. The zero-order valence-corrected chi connectivity index (χ0v) is 15.9. The van der Waals surface area contributed by atoms with E-state index >= 15 is 0 Å². The minimum absolute atomic E-state index is 0.431. The molecule has 0 aromatic heterocycles. The van der Waals surface area contributed by atoms with E-state index in [9.17, 15) is 0 Å². The quantitative estimate of drug-likeness (QED) is 0.612. The highest BCUT2D eigenvalue weighted by Crippen LogP contribution is 2.32. The third-order valence-corrected chi connectivity index (χ3v) is 5.49. The Morgan fingerprint density at radius 1 is 0.654 bits per heavy atom. The summed E-state index contributed by atoms with van der Waals surface area (Å²) in [7, 11) is 0. The second kappa shape index (κ2) is 9.35. The van der Waals surface area contributed by atoms with Crippen LogP contribution in [0.15, 0.2) is 91.0 Å². The maximum absolute atomic E-state index is 2.51. The number of rotatable bonds is 8. The molecule has 0 amide bonds. The maximum atomic E-state index is 2.51. The minimum Gasteiger partial charge on any atom is -0.344 e. The van der Waals surface area contributed by atoms with E-state index in [2.05, 4.69) is 110 Å². The van der Waals surface area contributed by atoms with Crippen molar-refractivity contribution in [1.82, 2.24) is 0 Å². The van der Waals surface area contributed by atoms with Crippen molar-refractivity contribution >= 4 is 0 Å². The fourth-order valence-corrected chi connectivity index (χ4v) is 3.80. The van der Waals surface area contributed by atoms with Crippen LogP contribution in [-0.4, -0.2) is 12.6 Å². The van der Waals surface area contributed by atoms with Crippen LogP contribution in [0.3, 0.4) is 0 Å². The lowest BCUT2D eigenvalue weighted by atomic mass is 9.78. The Hall–Kier alpha value is -2.38. The molecule has 134 valence electrons. The van der Waals surface area contributed by atoms with Crippen molar-refractivity contribution in [2.75, 3.05) is 6.54 Å². The van der Waals surface area contributed by atoms with Gasteiger partial charge >= 0.3 is 0 Å². The van der Waals surface area contributed by atoms with Crippen LogP contribution in [0.25, 0.3) is 0 Å². The molecule has 26 heavy (non-hydrogen) atoms. The summed E-state index contributed by atoms with van der Waals surface area (Å²) in [5.41, 5.74) is 4.25. The Balaban J connectivity index is 1.69. The van der Waals surface area contributed by atoms with Crippen molar-refractivity contribution in [3.05, 3.63) is 108 Å². The zero-order chi connectivity index (χ0) is 18.2. The van der Waals surface area contributed by atoms with Crippen LogP contribution in [0.1, 0.15) is 36.5 Å². The fraction of sp³-hybridized carbons (Fsp3) is 0.280. The lowest BCUT2D eigenvalue weighted by molar-refractivity contribution is -0.692. The van der Waals surface area contributed by atoms with Gasteiger partial charge in [-0.1, -0.05) is 97.9 Å². The number of nitrogens with two attached hydrogens (primary N) is 1. The largest absolute Gasteiger partial charge is 0.344 e. The molecule has 0 unspecified atom stereocenters. The Morgan fingerprint density at radius 3 is 1.62 bits per heavy atom. The number of hydrogen-bond donors (Lipinski definition) is 1. The molecule has 0 saturated heterocycles. The predicted molar refractivity (Wildman–Crippen MR) is 110 cm³/mol. The third kappa shape index (κ3) is 4.83. The molecule has 3 rings (SSSR count). The van der Waals surface area contributed by atoms with Gasteiger partial charge in [-0.25, -0.2) is 0 Å². The van der Waals surface area contributed by atoms with Crippen LogP contribution < -0.4 is 5.32 Å². The van der Waals surface area contributed by atoms with Crippen molar-refractivity contribution in [3.63, 3.8) is 0 Å². The van der Waals surface area contributed by atoms with Crippen LogP contribution in [0, 0.1) is 5.92 Å². The van der Waals surface area contributed by atoms with E-state index in [0.29, 0.717) is 17.9 Å². The highest BCUT2D eigenvalue weighted by molar-refractivity contribution is 5.33. The number of quaternary nitrogens is 1. The van der Waals surface area contributed by atoms with E-state index in [1.54, 1.807) is 0 Å². The monoisotopic (exact) mass is 344 g/mol. The first-order valence-electron chi connectivity index (χ1n) is 9.73. The van der Waals surface area contributed by atoms with Gasteiger partial charge in [0.25, 0.3) is 0 Å². The summed E-state index contributed by atoms with van der Waals surface area (Å²) in [5, 5.41) is 2.51. The first kappa shape index (κ1) is 18.4. The van der Waals surface area contributed by atoms with Crippen molar-refractivity contribution in [2.45, 2.75) is 32.2 Å². The molecule has 0 radical (unpaired) electrons. The predicted octanol–water partition coefficient (Wildman–Crippen LogP) is 4.65. The van der Waals surface area contributed by atoms with E-state index < -0.39 is 0 Å². The second-order valence-electron chi connectivity index (χ2n) is 7.28. The molecule has 0 aliphatic rings. The van der Waals surface area contributed by atoms with E-state index in [1.165, 1.54) is 16.7 Å². The Labute approximate surface area is 158 Å². The summed E-state index contributed by atoms with van der Waals surface area (Å²) in [5.74, 6) is 0.982. The summed E-state index contributed by atoms with van der Waals surface area (Å²) in [6, 6.07) is 33.2. The molecule has 0 heterocycles. The molecule has 1 nitrogen and oxygen atoms in total. The van der Waals surface area contributed by atoms with Gasteiger partial charge in [0.15, 0.2) is 0 Å². The first-order chi connectivity index (χ1) is 12.8. The van der Waals surface area contributed by atoms with E-state index in [4.69, 9.17) is 0 Å². The minimum atomic E-state index is 0.431. The van der Waals surface area contributed by atoms with Gasteiger partial charge in [0.1, 0.15) is 0 Å². The molecule has 2 N–H and O–H groups in total. The van der Waals surface area contributed by atoms with Crippen LogP contribution in [0.5, 0.6) is 0 Å². The molecule has 2 atom stereocenters. The lowest BCUT2D eigenvalue weighted by Gasteiger charge is -2.28. The summed E-state index contributed by atoms with van der Waals surface area (Å²) in [6.07, 6.45) is 1.12. The first-order valence-corrected chi connectivity index (χ1v) is 9.73. The smallest absolute Gasteiger partial charge is 0.0865 e. The molecule has 3 aromatic carbocycles. The van der Waals surface area contributed by atoms with Crippen molar-refractivity contribution in [2.24, 2.45) is 5.92 Å². The molecule has 0 aliphatic carbocycles. The van der Waals surface area contributed by atoms with Gasteiger partial charge in [-0.15, -0.1) is 0 Å². The van der Waals surface area contributed by atoms with E-state index in [-0.39, 0.29) is 0 Å². The molecule has 3 aromatic rings. The van der Waals surface area contributed by atoms with Gasteiger partial charge < -0.3 is 5.32 Å². The Morgan fingerprint density at radius 2 is 1.12 bits per heavy atom. The maximum Gasteiger partial charge on any atom is 0.0865 e. The molecular formula is C25H30N+. The van der Waals surface area contributed by atoms with Gasteiger partial charge in [0, 0.05) is 18.3 Å². The topological polar surface area (TPSA) is 16.6 Å². The van der Waals surface area contributed by atoms with Crippen LogP contribution >= 0.6 is 0 Å².